The molecule has 0 spiro atoms. The number of benzene rings is 2. The molecule has 31 heavy (non-hydrogen) atoms. The second-order valence-electron chi connectivity index (χ2n) is 10.1. The third kappa shape index (κ3) is 5.04. The van der Waals surface area contributed by atoms with Crippen molar-refractivity contribution in [2.24, 2.45) is 17.8 Å². The highest BCUT2D eigenvalue weighted by Crippen LogP contribution is 2.48. The normalized spacial score (nSPS) is 26.5. The molecule has 2 heteroatoms. The summed E-state index contributed by atoms with van der Waals surface area (Å²) in [5, 5.41) is 1.28. The van der Waals surface area contributed by atoms with Crippen LogP contribution in [0.5, 0.6) is 0 Å². The molecular formula is C29H38F2. The summed E-state index contributed by atoms with van der Waals surface area (Å²) in [6.07, 6.45) is 17.1. The lowest BCUT2D eigenvalue weighted by atomic mass is 9.63. The van der Waals surface area contributed by atoms with E-state index in [1.54, 1.807) is 6.07 Å². The Kier molecular flexibility index (Phi) is 7.46. The molecule has 2 unspecified atom stereocenters. The Morgan fingerprint density at radius 1 is 1.00 bits per heavy atom. The lowest BCUT2D eigenvalue weighted by Crippen LogP contribution is -2.30. The maximum atomic E-state index is 15.0. The van der Waals surface area contributed by atoms with Gasteiger partial charge in [0.15, 0.2) is 0 Å². The van der Waals surface area contributed by atoms with Crippen LogP contribution >= 0.6 is 0 Å². The minimum atomic E-state index is -0.402. The average Bonchev–Trinajstić information content (AvgIpc) is 2.79. The number of allylic oxidation sites excluding steroid dienone is 2. The van der Waals surface area contributed by atoms with Crippen LogP contribution in [-0.4, -0.2) is 0 Å². The summed E-state index contributed by atoms with van der Waals surface area (Å²) >= 11 is 0. The molecule has 0 aromatic heterocycles. The molecule has 2 fully saturated rings. The Balaban J connectivity index is 1.47. The number of hydrogen-bond donors (Lipinski definition) is 0. The quantitative estimate of drug-likeness (QED) is 0.389. The number of unbranched alkanes of at least 4 members (excludes halogenated alkanes) is 1. The van der Waals surface area contributed by atoms with E-state index in [-0.39, 0.29) is 11.4 Å². The first-order valence-electron chi connectivity index (χ1n) is 12.6. The zero-order valence-corrected chi connectivity index (χ0v) is 19.3. The van der Waals surface area contributed by atoms with E-state index in [4.69, 9.17) is 0 Å². The number of hydrogen-bond acceptors (Lipinski definition) is 0. The van der Waals surface area contributed by atoms with Gasteiger partial charge in [0.05, 0.1) is 0 Å². The summed E-state index contributed by atoms with van der Waals surface area (Å²) < 4.78 is 29.7. The third-order valence-electron chi connectivity index (χ3n) is 8.10. The molecule has 4 rings (SSSR count). The van der Waals surface area contributed by atoms with Gasteiger partial charge in [0, 0.05) is 10.9 Å². The fourth-order valence-electron chi connectivity index (χ4n) is 6.31. The van der Waals surface area contributed by atoms with Crippen molar-refractivity contribution in [2.75, 3.05) is 0 Å². The summed E-state index contributed by atoms with van der Waals surface area (Å²) in [7, 11) is 0. The fraction of sp³-hybridized carbons (Fsp3) is 0.586. The average molecular weight is 425 g/mol. The molecule has 0 radical (unpaired) electrons. The van der Waals surface area contributed by atoms with Crippen LogP contribution < -0.4 is 0 Å². The van der Waals surface area contributed by atoms with E-state index >= 15 is 4.39 Å². The van der Waals surface area contributed by atoms with Crippen LogP contribution in [0.1, 0.15) is 95.1 Å². The lowest BCUT2D eigenvalue weighted by Gasteiger charge is -2.42. The molecule has 0 aliphatic heterocycles. The van der Waals surface area contributed by atoms with E-state index in [1.165, 1.54) is 63.4 Å². The molecule has 0 saturated heterocycles. The van der Waals surface area contributed by atoms with Crippen molar-refractivity contribution in [3.63, 3.8) is 0 Å². The number of rotatable bonds is 7. The molecule has 0 N–H and O–H groups in total. The second kappa shape index (κ2) is 10.3. The van der Waals surface area contributed by atoms with Crippen molar-refractivity contribution in [3.05, 3.63) is 59.2 Å². The molecule has 0 bridgehead atoms. The molecule has 2 aliphatic carbocycles. The van der Waals surface area contributed by atoms with Gasteiger partial charge in [-0.25, -0.2) is 8.78 Å². The van der Waals surface area contributed by atoms with Crippen LogP contribution in [0.25, 0.3) is 10.8 Å². The van der Waals surface area contributed by atoms with Gasteiger partial charge < -0.3 is 0 Å². The third-order valence-corrected chi connectivity index (χ3v) is 8.10. The van der Waals surface area contributed by atoms with Crippen molar-refractivity contribution in [1.29, 1.82) is 0 Å². The van der Waals surface area contributed by atoms with Gasteiger partial charge in [-0.3, -0.25) is 0 Å². The highest BCUT2D eigenvalue weighted by Gasteiger charge is 2.35. The minimum Gasteiger partial charge on any atom is -0.207 e. The van der Waals surface area contributed by atoms with Crippen molar-refractivity contribution < 1.29 is 8.78 Å². The van der Waals surface area contributed by atoms with Gasteiger partial charge in [-0.15, -0.1) is 0 Å². The van der Waals surface area contributed by atoms with E-state index in [0.717, 1.165) is 17.8 Å². The van der Waals surface area contributed by atoms with E-state index in [1.807, 2.05) is 25.1 Å². The van der Waals surface area contributed by atoms with Crippen LogP contribution in [0.2, 0.25) is 0 Å². The van der Waals surface area contributed by atoms with E-state index < -0.39 is 5.82 Å². The first kappa shape index (κ1) is 22.5. The molecule has 2 aromatic rings. The Morgan fingerprint density at radius 2 is 1.81 bits per heavy atom. The zero-order chi connectivity index (χ0) is 21.8. The predicted molar refractivity (Wildman–Crippen MR) is 127 cm³/mol. The van der Waals surface area contributed by atoms with Crippen molar-refractivity contribution >= 4 is 10.8 Å². The van der Waals surface area contributed by atoms with Gasteiger partial charge >= 0.3 is 0 Å². The largest absolute Gasteiger partial charge is 0.207 e. The van der Waals surface area contributed by atoms with Gasteiger partial charge in [-0.05, 0) is 92.6 Å². The standard InChI is InChI=1S/C29H38F2/c1-3-5-7-9-27-28(30)19-25-18-24(14-15-26(25)29(27)31)23-13-12-21-16-20(8-6-4-2)10-11-22(21)17-23/h3,5,14-15,18-23H,4,6-13,16-17H2,1-2H3/b5-3+/t20?,21-,22?,23-/m1/s1. The van der Waals surface area contributed by atoms with E-state index in [2.05, 4.69) is 19.1 Å². The number of fused-ring (bicyclic) bond motifs is 2. The van der Waals surface area contributed by atoms with Gasteiger partial charge in [0.25, 0.3) is 0 Å². The Bertz CT molecular complexity index is 913. The maximum Gasteiger partial charge on any atom is 0.137 e. The summed E-state index contributed by atoms with van der Waals surface area (Å²) in [6, 6.07) is 7.62. The van der Waals surface area contributed by atoms with Gasteiger partial charge in [0.2, 0.25) is 0 Å². The molecule has 0 heterocycles. The minimum absolute atomic E-state index is 0.221. The topological polar surface area (TPSA) is 0 Å². The highest BCUT2D eigenvalue weighted by molar-refractivity contribution is 5.85. The zero-order valence-electron chi connectivity index (χ0n) is 19.3. The second-order valence-corrected chi connectivity index (χ2v) is 10.1. The van der Waals surface area contributed by atoms with Crippen molar-refractivity contribution in [3.8, 4) is 0 Å². The summed E-state index contributed by atoms with van der Waals surface area (Å²) in [6.45, 7) is 4.23. The highest BCUT2D eigenvalue weighted by atomic mass is 19.1. The van der Waals surface area contributed by atoms with Gasteiger partial charge in [0.1, 0.15) is 11.6 Å². The molecule has 0 amide bonds. The smallest absolute Gasteiger partial charge is 0.137 e. The summed E-state index contributed by atoms with van der Waals surface area (Å²) in [4.78, 5) is 0. The molecule has 168 valence electrons. The van der Waals surface area contributed by atoms with Crippen LogP contribution in [0, 0.1) is 29.4 Å². The molecule has 4 atom stereocenters. The number of halogens is 2. The SMILES string of the molecule is C/C=C/CCc1c(F)cc2cc([C@@H]3CC[C@@H]4CC(CCCC)CCC4C3)ccc2c1F. The molecule has 2 aromatic carbocycles. The van der Waals surface area contributed by atoms with Gasteiger partial charge in [-0.1, -0.05) is 63.0 Å². The molecule has 0 nitrogen and oxygen atoms in total. The Hall–Kier alpha value is -1.70. The van der Waals surface area contributed by atoms with E-state index in [0.29, 0.717) is 29.5 Å². The maximum absolute atomic E-state index is 15.0. The van der Waals surface area contributed by atoms with E-state index in [9.17, 15) is 4.39 Å². The molecule has 2 aliphatic rings. The van der Waals surface area contributed by atoms with Crippen LogP contribution in [0.15, 0.2) is 36.4 Å². The van der Waals surface area contributed by atoms with Crippen LogP contribution in [-0.2, 0) is 6.42 Å². The van der Waals surface area contributed by atoms with Crippen LogP contribution in [0.3, 0.4) is 0 Å². The predicted octanol–water partition coefficient (Wildman–Crippen LogP) is 9.12. The monoisotopic (exact) mass is 424 g/mol. The molecule has 2 saturated carbocycles. The fourth-order valence-corrected chi connectivity index (χ4v) is 6.31. The lowest BCUT2D eigenvalue weighted by molar-refractivity contribution is 0.113. The van der Waals surface area contributed by atoms with Crippen LogP contribution in [0.4, 0.5) is 8.78 Å². The van der Waals surface area contributed by atoms with Crippen molar-refractivity contribution in [2.45, 2.75) is 90.4 Å². The Labute approximate surface area is 187 Å². The molecular weight excluding hydrogens is 386 g/mol. The first-order chi connectivity index (χ1) is 15.1. The summed E-state index contributed by atoms with van der Waals surface area (Å²) in [5.41, 5.74) is 1.50. The Morgan fingerprint density at radius 3 is 2.61 bits per heavy atom. The summed E-state index contributed by atoms with van der Waals surface area (Å²) in [5.74, 6) is 2.46. The first-order valence-corrected chi connectivity index (χ1v) is 12.6. The van der Waals surface area contributed by atoms with Crippen molar-refractivity contribution in [1.82, 2.24) is 0 Å². The van der Waals surface area contributed by atoms with Gasteiger partial charge in [-0.2, -0.15) is 0 Å².